The molecule has 0 aliphatic heterocycles. The highest BCUT2D eigenvalue weighted by Crippen LogP contribution is 2.22. The molecule has 0 saturated heterocycles. The zero-order valence-electron chi connectivity index (χ0n) is 16.6. The Balaban J connectivity index is 1.70. The molecule has 148 valence electrons. The van der Waals surface area contributed by atoms with Crippen molar-refractivity contribution < 1.29 is 9.59 Å². The van der Waals surface area contributed by atoms with Crippen LogP contribution in [0, 0.1) is 6.92 Å². The van der Waals surface area contributed by atoms with E-state index in [0.29, 0.717) is 11.5 Å². The van der Waals surface area contributed by atoms with E-state index in [0.717, 1.165) is 28.9 Å². The van der Waals surface area contributed by atoms with Crippen molar-refractivity contribution in [2.45, 2.75) is 27.2 Å². The lowest BCUT2D eigenvalue weighted by Gasteiger charge is -2.12. The average Bonchev–Trinajstić information content (AvgIpc) is 2.69. The number of para-hydroxylation sites is 1. The predicted molar refractivity (Wildman–Crippen MR) is 115 cm³/mol. The van der Waals surface area contributed by atoms with E-state index >= 15 is 0 Å². The van der Waals surface area contributed by atoms with Gasteiger partial charge in [0.15, 0.2) is 11.5 Å². The fourth-order valence-corrected chi connectivity index (χ4v) is 2.93. The van der Waals surface area contributed by atoms with E-state index in [9.17, 15) is 9.59 Å². The van der Waals surface area contributed by atoms with Crippen LogP contribution in [0.1, 0.15) is 35.5 Å². The number of aromatic nitrogens is 2. The summed E-state index contributed by atoms with van der Waals surface area (Å²) < 4.78 is 0. The summed E-state index contributed by atoms with van der Waals surface area (Å²) in [4.78, 5) is 23.8. The van der Waals surface area contributed by atoms with Crippen LogP contribution in [0.4, 0.5) is 22.9 Å². The van der Waals surface area contributed by atoms with Crippen LogP contribution in [0.15, 0.2) is 54.6 Å². The van der Waals surface area contributed by atoms with Gasteiger partial charge in [0.25, 0.3) is 5.91 Å². The number of benzene rings is 2. The molecule has 3 N–H and O–H groups in total. The Morgan fingerprint density at radius 1 is 0.931 bits per heavy atom. The number of nitrogens with zero attached hydrogens (tertiary/aromatic N) is 2. The van der Waals surface area contributed by atoms with Crippen LogP contribution < -0.4 is 16.0 Å². The molecule has 1 aromatic heterocycles. The molecule has 3 aromatic rings. The second-order valence-electron chi connectivity index (χ2n) is 6.61. The predicted octanol–water partition coefficient (Wildman–Crippen LogP) is 4.30. The lowest BCUT2D eigenvalue weighted by Crippen LogP contribution is -2.16. The number of hydrogen-bond acceptors (Lipinski definition) is 5. The molecule has 0 unspecified atom stereocenters. The summed E-state index contributed by atoms with van der Waals surface area (Å²) in [6.45, 7) is 5.46. The number of nitrogens with one attached hydrogen (secondary N) is 3. The van der Waals surface area contributed by atoms with Crippen molar-refractivity contribution in [1.29, 1.82) is 0 Å². The number of aryl methyl sites for hydroxylation is 2. The number of anilines is 4. The summed E-state index contributed by atoms with van der Waals surface area (Å²) in [6.07, 6.45) is 0.823. The van der Waals surface area contributed by atoms with E-state index in [1.807, 2.05) is 44.2 Å². The fraction of sp³-hybridized carbons (Fsp3) is 0.182. The van der Waals surface area contributed by atoms with Crippen LogP contribution in [0.5, 0.6) is 0 Å². The number of hydrogen-bond donors (Lipinski definition) is 3. The Labute approximate surface area is 169 Å². The molecule has 0 saturated carbocycles. The first-order valence-corrected chi connectivity index (χ1v) is 9.34. The van der Waals surface area contributed by atoms with Crippen LogP contribution in [0.2, 0.25) is 0 Å². The summed E-state index contributed by atoms with van der Waals surface area (Å²) in [7, 11) is 0. The average molecular weight is 389 g/mol. The molecule has 0 bridgehead atoms. The lowest BCUT2D eigenvalue weighted by atomic mass is 10.1. The van der Waals surface area contributed by atoms with Crippen molar-refractivity contribution in [3.63, 3.8) is 0 Å². The third-order valence-corrected chi connectivity index (χ3v) is 4.33. The molecule has 2 amide bonds. The molecule has 7 nitrogen and oxygen atoms in total. The maximum Gasteiger partial charge on any atom is 0.276 e. The van der Waals surface area contributed by atoms with Crippen molar-refractivity contribution in [3.05, 3.63) is 71.4 Å². The lowest BCUT2D eigenvalue weighted by molar-refractivity contribution is -0.114. The zero-order chi connectivity index (χ0) is 20.8. The molecule has 7 heteroatoms. The van der Waals surface area contributed by atoms with Crippen LogP contribution in [-0.4, -0.2) is 22.0 Å². The first-order chi connectivity index (χ1) is 14.0. The molecule has 29 heavy (non-hydrogen) atoms. The molecule has 2 aromatic carbocycles. The van der Waals surface area contributed by atoms with Crippen molar-refractivity contribution >= 4 is 34.7 Å². The molecule has 1 heterocycles. The van der Waals surface area contributed by atoms with Gasteiger partial charge in [-0.3, -0.25) is 9.59 Å². The van der Waals surface area contributed by atoms with E-state index in [2.05, 4.69) is 26.1 Å². The first-order valence-electron chi connectivity index (χ1n) is 9.34. The third-order valence-electron chi connectivity index (χ3n) is 4.33. The van der Waals surface area contributed by atoms with Gasteiger partial charge in [-0.25, -0.2) is 0 Å². The van der Waals surface area contributed by atoms with Crippen molar-refractivity contribution in [2.75, 3.05) is 16.0 Å². The standard InChI is InChI=1S/C22H23N5O2/c1-4-16-8-5-7-14(2)21(16)25-22(29)19-11-12-20(27-26-19)24-18-10-6-9-17(13-18)23-15(3)28/h5-13H,4H2,1-3H3,(H,23,28)(H,24,27)(H,25,29). The Morgan fingerprint density at radius 3 is 2.38 bits per heavy atom. The van der Waals surface area contributed by atoms with Crippen LogP contribution in [-0.2, 0) is 11.2 Å². The van der Waals surface area contributed by atoms with Gasteiger partial charge >= 0.3 is 0 Å². The Bertz CT molecular complexity index is 1030. The quantitative estimate of drug-likeness (QED) is 0.584. The SMILES string of the molecule is CCc1cccc(C)c1NC(=O)c1ccc(Nc2cccc(NC(C)=O)c2)nn1. The van der Waals surface area contributed by atoms with Gasteiger partial charge in [-0.15, -0.1) is 10.2 Å². The third kappa shape index (κ3) is 5.16. The molecule has 0 radical (unpaired) electrons. The second kappa shape index (κ2) is 8.97. The summed E-state index contributed by atoms with van der Waals surface area (Å²) in [5.41, 5.74) is 4.55. The monoisotopic (exact) mass is 389 g/mol. The summed E-state index contributed by atoms with van der Waals surface area (Å²) in [5, 5.41) is 16.9. The van der Waals surface area contributed by atoms with E-state index in [4.69, 9.17) is 0 Å². The molecule has 3 rings (SSSR count). The molecule has 0 spiro atoms. The molecular formula is C22H23N5O2. The van der Waals surface area contributed by atoms with E-state index in [-0.39, 0.29) is 17.5 Å². The van der Waals surface area contributed by atoms with Crippen LogP contribution in [0.25, 0.3) is 0 Å². The Hall–Kier alpha value is -3.74. The molecule has 0 atom stereocenters. The number of carbonyl (C=O) groups is 2. The fourth-order valence-electron chi connectivity index (χ4n) is 2.93. The summed E-state index contributed by atoms with van der Waals surface area (Å²) >= 11 is 0. The number of rotatable bonds is 6. The van der Waals surface area contributed by atoms with Gasteiger partial charge in [-0.2, -0.15) is 0 Å². The summed E-state index contributed by atoms with van der Waals surface area (Å²) in [6, 6.07) is 16.5. The largest absolute Gasteiger partial charge is 0.339 e. The van der Waals surface area contributed by atoms with Gasteiger partial charge in [0.1, 0.15) is 0 Å². The van der Waals surface area contributed by atoms with Gasteiger partial charge in [-0.1, -0.05) is 31.2 Å². The van der Waals surface area contributed by atoms with Crippen molar-refractivity contribution in [2.24, 2.45) is 0 Å². The van der Waals surface area contributed by atoms with Crippen molar-refractivity contribution in [1.82, 2.24) is 10.2 Å². The first kappa shape index (κ1) is 20.0. The second-order valence-corrected chi connectivity index (χ2v) is 6.61. The van der Waals surface area contributed by atoms with Crippen LogP contribution in [0.3, 0.4) is 0 Å². The number of amides is 2. The van der Waals surface area contributed by atoms with Crippen molar-refractivity contribution in [3.8, 4) is 0 Å². The molecule has 0 fully saturated rings. The minimum Gasteiger partial charge on any atom is -0.339 e. The van der Waals surface area contributed by atoms with Gasteiger partial charge in [0.2, 0.25) is 5.91 Å². The normalized spacial score (nSPS) is 10.3. The number of carbonyl (C=O) groups excluding carboxylic acids is 2. The maximum atomic E-state index is 12.6. The molecular weight excluding hydrogens is 366 g/mol. The Morgan fingerprint density at radius 2 is 1.69 bits per heavy atom. The van der Waals surface area contributed by atoms with Crippen LogP contribution >= 0.6 is 0 Å². The van der Waals surface area contributed by atoms with Gasteiger partial charge in [-0.05, 0) is 54.8 Å². The maximum absolute atomic E-state index is 12.6. The summed E-state index contributed by atoms with van der Waals surface area (Å²) in [5.74, 6) is 0.0459. The Kier molecular flexibility index (Phi) is 6.19. The highest BCUT2D eigenvalue weighted by atomic mass is 16.2. The van der Waals surface area contributed by atoms with Gasteiger partial charge in [0, 0.05) is 24.0 Å². The van der Waals surface area contributed by atoms with E-state index in [1.54, 1.807) is 24.3 Å². The minimum absolute atomic E-state index is 0.141. The highest BCUT2D eigenvalue weighted by Gasteiger charge is 2.12. The highest BCUT2D eigenvalue weighted by molar-refractivity contribution is 6.03. The zero-order valence-corrected chi connectivity index (χ0v) is 16.6. The van der Waals surface area contributed by atoms with E-state index in [1.165, 1.54) is 6.92 Å². The van der Waals surface area contributed by atoms with Gasteiger partial charge in [0.05, 0.1) is 0 Å². The van der Waals surface area contributed by atoms with Gasteiger partial charge < -0.3 is 16.0 Å². The topological polar surface area (TPSA) is 96.0 Å². The van der Waals surface area contributed by atoms with E-state index < -0.39 is 0 Å². The minimum atomic E-state index is -0.305. The molecule has 0 aliphatic rings. The molecule has 0 aliphatic carbocycles. The smallest absolute Gasteiger partial charge is 0.276 e.